The maximum Gasteiger partial charge on any atom is 0.179 e. The van der Waals surface area contributed by atoms with Gasteiger partial charge in [0.1, 0.15) is 0 Å². The van der Waals surface area contributed by atoms with Gasteiger partial charge in [0.2, 0.25) is 0 Å². The van der Waals surface area contributed by atoms with E-state index in [4.69, 9.17) is 15.0 Å². The van der Waals surface area contributed by atoms with Crippen molar-refractivity contribution in [1.29, 1.82) is 0 Å². The van der Waals surface area contributed by atoms with Crippen molar-refractivity contribution >= 4 is 82.1 Å². The lowest BCUT2D eigenvalue weighted by molar-refractivity contribution is 1.06. The fourth-order valence-electron chi connectivity index (χ4n) is 10.6. The summed E-state index contributed by atoms with van der Waals surface area (Å²) >= 11 is 1.84. The third kappa shape index (κ3) is 6.83. The van der Waals surface area contributed by atoms with E-state index in [1.54, 1.807) is 0 Å². The van der Waals surface area contributed by atoms with Gasteiger partial charge in [-0.1, -0.05) is 212 Å². The zero-order valence-electron chi connectivity index (χ0n) is 37.4. The number of hydrogen-bond donors (Lipinski definition) is 0. The summed E-state index contributed by atoms with van der Waals surface area (Å²) in [5, 5.41) is 10.2. The Morgan fingerprint density at radius 3 is 1.43 bits per heavy atom. The SMILES string of the molecule is c1ccc([Si](c2ccccc2)(c2ccccc2)c2ccc(-c3nc(-c4cccc(-c5cccc6sc7ccccc7c56)c4)nc(-c4ccccc4-n4c5ccccc5c5ccccc54)n3)cc2)cc1. The van der Waals surface area contributed by atoms with Gasteiger partial charge in [-0.15, -0.1) is 11.3 Å². The Hall–Kier alpha value is -8.55. The highest BCUT2D eigenvalue weighted by atomic mass is 32.1. The molecule has 0 bridgehead atoms. The summed E-state index contributed by atoms with van der Waals surface area (Å²) in [6, 6.07) is 92.0. The second kappa shape index (κ2) is 17.0. The first-order chi connectivity index (χ1) is 34.2. The van der Waals surface area contributed by atoms with Crippen molar-refractivity contribution in [2.45, 2.75) is 0 Å². The fourth-order valence-corrected chi connectivity index (χ4v) is 16.4. The number of benzene rings is 10. The highest BCUT2D eigenvalue weighted by Crippen LogP contribution is 2.41. The van der Waals surface area contributed by atoms with Crippen LogP contribution in [0.5, 0.6) is 0 Å². The summed E-state index contributed by atoms with van der Waals surface area (Å²) in [7, 11) is -2.76. The molecule has 3 heterocycles. The first-order valence-electron chi connectivity index (χ1n) is 23.3. The maximum atomic E-state index is 5.42. The van der Waals surface area contributed by atoms with Crippen LogP contribution in [0.15, 0.2) is 255 Å². The molecule has 0 atom stereocenters. The van der Waals surface area contributed by atoms with E-state index in [2.05, 4.69) is 259 Å². The molecule has 0 N–H and O–H groups in total. The van der Waals surface area contributed by atoms with E-state index in [-0.39, 0.29) is 0 Å². The van der Waals surface area contributed by atoms with E-state index in [0.29, 0.717) is 17.5 Å². The molecule has 0 spiro atoms. The third-order valence-corrected chi connectivity index (χ3v) is 19.6. The normalized spacial score (nSPS) is 11.8. The smallest absolute Gasteiger partial charge is 0.179 e. The Labute approximate surface area is 405 Å². The van der Waals surface area contributed by atoms with Crippen LogP contribution < -0.4 is 20.7 Å². The molecule has 0 amide bonds. The summed E-state index contributed by atoms with van der Waals surface area (Å²) in [4.78, 5) is 16.2. The highest BCUT2D eigenvalue weighted by Gasteiger charge is 2.41. The molecular formula is C63H42N4SSi. The van der Waals surface area contributed by atoms with Gasteiger partial charge in [0.15, 0.2) is 25.5 Å². The summed E-state index contributed by atoms with van der Waals surface area (Å²) < 4.78 is 4.91. The Morgan fingerprint density at radius 1 is 0.319 bits per heavy atom. The number of nitrogens with zero attached hydrogens (tertiary/aromatic N) is 4. The molecule has 0 unspecified atom stereocenters. The molecule has 3 aromatic heterocycles. The molecule has 324 valence electrons. The molecule has 0 aliphatic heterocycles. The van der Waals surface area contributed by atoms with Crippen molar-refractivity contribution in [3.8, 4) is 51.0 Å². The van der Waals surface area contributed by atoms with Gasteiger partial charge in [0.05, 0.1) is 16.7 Å². The average Bonchev–Trinajstić information content (AvgIpc) is 3.98. The summed E-state index contributed by atoms with van der Waals surface area (Å²) in [6.45, 7) is 0. The molecule has 0 aliphatic carbocycles. The van der Waals surface area contributed by atoms with Crippen molar-refractivity contribution in [3.63, 3.8) is 0 Å². The van der Waals surface area contributed by atoms with Gasteiger partial charge >= 0.3 is 0 Å². The van der Waals surface area contributed by atoms with Crippen LogP contribution in [0, 0.1) is 0 Å². The number of hydrogen-bond acceptors (Lipinski definition) is 4. The maximum absolute atomic E-state index is 5.42. The van der Waals surface area contributed by atoms with Crippen LogP contribution in [0.4, 0.5) is 0 Å². The number of aromatic nitrogens is 4. The Morgan fingerprint density at radius 2 is 0.783 bits per heavy atom. The lowest BCUT2D eigenvalue weighted by atomic mass is 9.98. The van der Waals surface area contributed by atoms with Crippen molar-refractivity contribution in [1.82, 2.24) is 19.5 Å². The predicted molar refractivity (Wildman–Crippen MR) is 292 cm³/mol. The number of para-hydroxylation sites is 3. The molecule has 0 saturated carbocycles. The van der Waals surface area contributed by atoms with Crippen molar-refractivity contribution < 1.29 is 0 Å². The fraction of sp³-hybridized carbons (Fsp3) is 0. The standard InChI is InChI=1S/C63H42N4SSi/c1-4-22-46(23-5-1)69(47-24-6-2-7-25-47,48-26-8-3-9-27-48)49-40-38-43(39-41-49)61-64-62(45-21-18-20-44(42-45)50-32-19-37-59-60(50)54-31-13-17-36-58(54)68-59)66-63(65-61)53-30-12-16-35-57(53)67-55-33-14-10-28-51(55)52-29-11-15-34-56(52)67/h1-42H. The van der Waals surface area contributed by atoms with Crippen molar-refractivity contribution in [2.75, 3.05) is 0 Å². The Kier molecular flexibility index (Phi) is 10.00. The summed E-state index contributed by atoms with van der Waals surface area (Å²) in [6.07, 6.45) is 0. The monoisotopic (exact) mass is 914 g/mol. The predicted octanol–water partition coefficient (Wildman–Crippen LogP) is 13.4. The van der Waals surface area contributed by atoms with Gasteiger partial charge in [-0.05, 0) is 74.3 Å². The van der Waals surface area contributed by atoms with Crippen LogP contribution in [0.25, 0.3) is 93.0 Å². The minimum absolute atomic E-state index is 0.606. The van der Waals surface area contributed by atoms with Gasteiger partial charge in [-0.3, -0.25) is 0 Å². The minimum Gasteiger partial charge on any atom is -0.309 e. The van der Waals surface area contributed by atoms with E-state index >= 15 is 0 Å². The molecule has 13 rings (SSSR count). The lowest BCUT2D eigenvalue weighted by Crippen LogP contribution is -2.74. The van der Waals surface area contributed by atoms with Crippen LogP contribution in [0.2, 0.25) is 0 Å². The molecule has 6 heteroatoms. The molecular weight excluding hydrogens is 873 g/mol. The van der Waals surface area contributed by atoms with Crippen LogP contribution >= 0.6 is 11.3 Å². The van der Waals surface area contributed by atoms with Gasteiger partial charge in [0, 0.05) is 47.6 Å². The summed E-state index contributed by atoms with van der Waals surface area (Å²) in [5.41, 5.74) is 8.32. The zero-order valence-corrected chi connectivity index (χ0v) is 39.3. The highest BCUT2D eigenvalue weighted by molar-refractivity contribution is 7.26. The van der Waals surface area contributed by atoms with Crippen LogP contribution in [0.1, 0.15) is 0 Å². The first-order valence-corrected chi connectivity index (χ1v) is 26.2. The number of fused-ring (bicyclic) bond motifs is 6. The molecule has 0 radical (unpaired) electrons. The first kappa shape index (κ1) is 40.7. The van der Waals surface area contributed by atoms with E-state index in [0.717, 1.165) is 39.0 Å². The Bertz CT molecular complexity index is 3860. The number of thiophene rings is 1. The molecule has 10 aromatic carbocycles. The van der Waals surface area contributed by atoms with E-state index in [1.807, 2.05) is 11.3 Å². The van der Waals surface area contributed by atoms with Crippen LogP contribution in [-0.4, -0.2) is 27.6 Å². The van der Waals surface area contributed by atoms with Crippen molar-refractivity contribution in [2.24, 2.45) is 0 Å². The molecule has 0 saturated heterocycles. The van der Waals surface area contributed by atoms with Crippen LogP contribution in [0.3, 0.4) is 0 Å². The quantitative estimate of drug-likeness (QED) is 0.107. The molecule has 0 fully saturated rings. The largest absolute Gasteiger partial charge is 0.309 e. The van der Waals surface area contributed by atoms with Gasteiger partial charge in [-0.25, -0.2) is 15.0 Å². The van der Waals surface area contributed by atoms with Gasteiger partial charge in [-0.2, -0.15) is 0 Å². The topological polar surface area (TPSA) is 43.6 Å². The molecule has 4 nitrogen and oxygen atoms in total. The van der Waals surface area contributed by atoms with E-state index in [9.17, 15) is 0 Å². The lowest BCUT2D eigenvalue weighted by Gasteiger charge is -2.34. The molecule has 13 aromatic rings. The second-order valence-corrected chi connectivity index (χ2v) is 22.4. The third-order valence-electron chi connectivity index (χ3n) is 13.6. The second-order valence-electron chi connectivity index (χ2n) is 17.5. The molecule has 69 heavy (non-hydrogen) atoms. The Balaban J connectivity index is 1.02. The van der Waals surface area contributed by atoms with E-state index < -0.39 is 8.07 Å². The van der Waals surface area contributed by atoms with E-state index in [1.165, 1.54) is 57.3 Å². The van der Waals surface area contributed by atoms with Gasteiger partial charge < -0.3 is 4.57 Å². The van der Waals surface area contributed by atoms with Gasteiger partial charge in [0.25, 0.3) is 0 Å². The number of rotatable bonds is 9. The summed E-state index contributed by atoms with van der Waals surface area (Å²) in [5.74, 6) is 1.83. The van der Waals surface area contributed by atoms with Crippen LogP contribution in [-0.2, 0) is 0 Å². The zero-order chi connectivity index (χ0) is 45.7. The van der Waals surface area contributed by atoms with Crippen molar-refractivity contribution in [3.05, 3.63) is 255 Å². The minimum atomic E-state index is -2.76. The average molecular weight is 915 g/mol. The molecule has 0 aliphatic rings.